The molecule has 0 bridgehead atoms. The molecule has 0 unspecified atom stereocenters. The number of hydrogen-bond donors (Lipinski definition) is 3. The minimum Gasteiger partial charge on any atom is -0.397 e. The Morgan fingerprint density at radius 1 is 1.35 bits per heavy atom. The molecule has 0 atom stereocenters. The predicted octanol–water partition coefficient (Wildman–Crippen LogP) is 3.35. The van der Waals surface area contributed by atoms with Crippen LogP contribution in [0.3, 0.4) is 0 Å². The second-order valence-electron chi connectivity index (χ2n) is 4.22. The Balaban J connectivity index is 2.10. The summed E-state index contributed by atoms with van der Waals surface area (Å²) in [5.41, 5.74) is 7.87. The predicted molar refractivity (Wildman–Crippen MR) is 85.5 cm³/mol. The largest absolute Gasteiger partial charge is 0.397 e. The molecule has 0 aliphatic rings. The van der Waals surface area contributed by atoms with Crippen molar-refractivity contribution < 1.29 is 4.79 Å². The van der Waals surface area contributed by atoms with Crippen molar-refractivity contribution in [2.45, 2.75) is 13.5 Å². The molecule has 0 fully saturated rings. The summed E-state index contributed by atoms with van der Waals surface area (Å²) in [4.78, 5) is 12.9. The highest BCUT2D eigenvalue weighted by Gasteiger charge is 2.08. The number of benzene rings is 1. The van der Waals surface area contributed by atoms with Crippen LogP contribution in [-0.2, 0) is 6.54 Å². The summed E-state index contributed by atoms with van der Waals surface area (Å²) in [5, 5.41) is 5.99. The van der Waals surface area contributed by atoms with Crippen molar-refractivity contribution in [1.29, 1.82) is 0 Å². The van der Waals surface area contributed by atoms with E-state index in [9.17, 15) is 4.79 Å². The van der Waals surface area contributed by atoms with Crippen LogP contribution < -0.4 is 16.4 Å². The van der Waals surface area contributed by atoms with Crippen LogP contribution in [0.15, 0.2) is 30.3 Å². The highest BCUT2D eigenvalue weighted by Crippen LogP contribution is 2.24. The molecule has 20 heavy (non-hydrogen) atoms. The van der Waals surface area contributed by atoms with Crippen molar-refractivity contribution in [1.82, 2.24) is 5.32 Å². The van der Waals surface area contributed by atoms with Gasteiger partial charge in [-0.1, -0.05) is 11.6 Å². The van der Waals surface area contributed by atoms with Crippen LogP contribution in [0.5, 0.6) is 0 Å². The number of hydrogen-bond acceptors (Lipinski definition) is 4. The number of carbonyl (C=O) groups excluding carboxylic acids is 1. The van der Waals surface area contributed by atoms with E-state index in [2.05, 4.69) is 10.6 Å². The van der Waals surface area contributed by atoms with E-state index < -0.39 is 0 Å². The number of carbonyl (C=O) groups is 1. The molecule has 2 aromatic rings. The van der Waals surface area contributed by atoms with Gasteiger partial charge < -0.3 is 16.4 Å². The van der Waals surface area contributed by atoms with Crippen LogP contribution in [0.1, 0.15) is 22.2 Å². The van der Waals surface area contributed by atoms with Gasteiger partial charge in [0.25, 0.3) is 5.91 Å². The molecule has 4 nitrogen and oxygen atoms in total. The number of nitrogen functional groups attached to an aromatic ring is 1. The standard InChI is InChI=1S/C14H16ClN3OS/c1-2-17-14(19)9-3-5-11(16)12(7-9)18-8-10-4-6-13(15)20-10/h3-7,18H,2,8,16H2,1H3,(H,17,19). The zero-order valence-electron chi connectivity index (χ0n) is 11.1. The van der Waals surface area contributed by atoms with Gasteiger partial charge in [0.2, 0.25) is 0 Å². The van der Waals surface area contributed by atoms with E-state index in [1.807, 2.05) is 19.1 Å². The molecule has 0 spiro atoms. The molecular formula is C14H16ClN3OS. The fourth-order valence-corrected chi connectivity index (χ4v) is 2.77. The second-order valence-corrected chi connectivity index (χ2v) is 6.02. The molecule has 0 aliphatic heterocycles. The number of nitrogens with two attached hydrogens (primary N) is 1. The fraction of sp³-hybridized carbons (Fsp3) is 0.214. The topological polar surface area (TPSA) is 67.2 Å². The van der Waals surface area contributed by atoms with E-state index >= 15 is 0 Å². The number of anilines is 2. The first kappa shape index (κ1) is 14.7. The molecule has 1 aromatic heterocycles. The van der Waals surface area contributed by atoms with Gasteiger partial charge in [0.1, 0.15) is 0 Å². The number of nitrogens with one attached hydrogen (secondary N) is 2. The Hall–Kier alpha value is -1.72. The molecule has 0 saturated carbocycles. The van der Waals surface area contributed by atoms with Gasteiger partial charge in [-0.3, -0.25) is 4.79 Å². The SMILES string of the molecule is CCNC(=O)c1ccc(N)c(NCc2ccc(Cl)s2)c1. The zero-order chi connectivity index (χ0) is 14.5. The summed E-state index contributed by atoms with van der Waals surface area (Å²) in [5.74, 6) is -0.102. The van der Waals surface area contributed by atoms with Gasteiger partial charge >= 0.3 is 0 Å². The molecule has 4 N–H and O–H groups in total. The van der Waals surface area contributed by atoms with Crippen LogP contribution >= 0.6 is 22.9 Å². The molecule has 1 heterocycles. The molecule has 106 valence electrons. The summed E-state index contributed by atoms with van der Waals surface area (Å²) in [7, 11) is 0. The summed E-state index contributed by atoms with van der Waals surface area (Å²) in [6, 6.07) is 9.03. The first-order valence-corrected chi connectivity index (χ1v) is 7.45. The van der Waals surface area contributed by atoms with E-state index in [1.54, 1.807) is 18.2 Å². The van der Waals surface area contributed by atoms with E-state index in [1.165, 1.54) is 11.3 Å². The van der Waals surface area contributed by atoms with Crippen molar-refractivity contribution in [2.75, 3.05) is 17.6 Å². The Labute approximate surface area is 126 Å². The van der Waals surface area contributed by atoms with Crippen LogP contribution in [0.4, 0.5) is 11.4 Å². The highest BCUT2D eigenvalue weighted by atomic mass is 35.5. The molecule has 6 heteroatoms. The highest BCUT2D eigenvalue weighted by molar-refractivity contribution is 7.16. The molecule has 0 aliphatic carbocycles. The first-order chi connectivity index (χ1) is 9.60. The molecule has 2 rings (SSSR count). The van der Waals surface area contributed by atoms with Crippen molar-refractivity contribution in [3.8, 4) is 0 Å². The normalized spacial score (nSPS) is 10.3. The minimum atomic E-state index is -0.102. The monoisotopic (exact) mass is 309 g/mol. The maximum atomic E-state index is 11.8. The quantitative estimate of drug-likeness (QED) is 0.742. The van der Waals surface area contributed by atoms with Crippen molar-refractivity contribution >= 4 is 40.2 Å². The van der Waals surface area contributed by atoms with Gasteiger partial charge in [-0.05, 0) is 37.3 Å². The lowest BCUT2D eigenvalue weighted by molar-refractivity contribution is 0.0956. The first-order valence-electron chi connectivity index (χ1n) is 6.26. The fourth-order valence-electron chi connectivity index (χ4n) is 1.74. The Kier molecular flexibility index (Phi) is 4.87. The van der Waals surface area contributed by atoms with Gasteiger partial charge in [-0.2, -0.15) is 0 Å². The van der Waals surface area contributed by atoms with Crippen molar-refractivity contribution in [3.63, 3.8) is 0 Å². The van der Waals surface area contributed by atoms with E-state index in [4.69, 9.17) is 17.3 Å². The Bertz CT molecular complexity index is 612. The van der Waals surface area contributed by atoms with Crippen LogP contribution in [0.2, 0.25) is 4.34 Å². The summed E-state index contributed by atoms with van der Waals surface area (Å²) in [6.45, 7) is 3.11. The lowest BCUT2D eigenvalue weighted by atomic mass is 10.1. The van der Waals surface area contributed by atoms with Gasteiger partial charge in [0, 0.05) is 23.5 Å². The number of amides is 1. The van der Waals surface area contributed by atoms with Crippen molar-refractivity contribution in [3.05, 3.63) is 45.1 Å². The third-order valence-electron chi connectivity index (χ3n) is 2.73. The number of halogens is 1. The van der Waals surface area contributed by atoms with Gasteiger partial charge in [0.15, 0.2) is 0 Å². The minimum absolute atomic E-state index is 0.102. The molecule has 0 saturated heterocycles. The molecule has 1 amide bonds. The van der Waals surface area contributed by atoms with Crippen LogP contribution in [0, 0.1) is 0 Å². The summed E-state index contributed by atoms with van der Waals surface area (Å²) >= 11 is 7.40. The second kappa shape index (κ2) is 6.63. The number of thiophene rings is 1. The molecular weight excluding hydrogens is 294 g/mol. The van der Waals surface area contributed by atoms with E-state index in [-0.39, 0.29) is 5.91 Å². The van der Waals surface area contributed by atoms with Gasteiger partial charge in [0.05, 0.1) is 15.7 Å². The van der Waals surface area contributed by atoms with Crippen LogP contribution in [-0.4, -0.2) is 12.5 Å². The van der Waals surface area contributed by atoms with E-state index in [0.29, 0.717) is 24.3 Å². The average Bonchev–Trinajstić information content (AvgIpc) is 2.84. The summed E-state index contributed by atoms with van der Waals surface area (Å²) < 4.78 is 0.755. The zero-order valence-corrected chi connectivity index (χ0v) is 12.6. The molecule has 1 aromatic carbocycles. The Morgan fingerprint density at radius 3 is 2.80 bits per heavy atom. The average molecular weight is 310 g/mol. The van der Waals surface area contributed by atoms with Crippen LogP contribution in [0.25, 0.3) is 0 Å². The summed E-state index contributed by atoms with van der Waals surface area (Å²) in [6.07, 6.45) is 0. The lowest BCUT2D eigenvalue weighted by Gasteiger charge is -2.10. The van der Waals surface area contributed by atoms with Crippen molar-refractivity contribution in [2.24, 2.45) is 0 Å². The van der Waals surface area contributed by atoms with Gasteiger partial charge in [-0.15, -0.1) is 11.3 Å². The maximum Gasteiger partial charge on any atom is 0.251 e. The number of rotatable bonds is 5. The van der Waals surface area contributed by atoms with E-state index in [0.717, 1.165) is 14.9 Å². The lowest BCUT2D eigenvalue weighted by Crippen LogP contribution is -2.22. The smallest absolute Gasteiger partial charge is 0.251 e. The Morgan fingerprint density at radius 2 is 2.15 bits per heavy atom. The third kappa shape index (κ3) is 3.65. The molecule has 0 radical (unpaired) electrons. The third-order valence-corrected chi connectivity index (χ3v) is 3.97. The maximum absolute atomic E-state index is 11.8. The van der Waals surface area contributed by atoms with Gasteiger partial charge in [-0.25, -0.2) is 0 Å².